The van der Waals surface area contributed by atoms with Gasteiger partial charge in [0.25, 0.3) is 5.91 Å². The smallest absolute Gasteiger partial charge is 0.250 e. The van der Waals surface area contributed by atoms with Crippen molar-refractivity contribution in [3.8, 4) is 22.8 Å². The van der Waals surface area contributed by atoms with Crippen LogP contribution in [0.3, 0.4) is 0 Å². The third kappa shape index (κ3) is 6.86. The SMILES string of the molecule is CCOc1ccc(-n2c(SCC(=O)NN=Cc3ccc(C(C)(C)C)cc3)nnc2-c2ccccc2)cc1. The highest BCUT2D eigenvalue weighted by Gasteiger charge is 2.17. The molecule has 0 unspecified atom stereocenters. The van der Waals surface area contributed by atoms with Crippen LogP contribution in [0.1, 0.15) is 38.8 Å². The molecule has 0 saturated heterocycles. The topological polar surface area (TPSA) is 81.4 Å². The van der Waals surface area contributed by atoms with Crippen molar-refractivity contribution in [2.75, 3.05) is 12.4 Å². The predicted octanol–water partition coefficient (Wildman–Crippen LogP) is 5.87. The Labute approximate surface area is 222 Å². The molecule has 37 heavy (non-hydrogen) atoms. The average molecular weight is 514 g/mol. The summed E-state index contributed by atoms with van der Waals surface area (Å²) in [6.07, 6.45) is 1.64. The van der Waals surface area contributed by atoms with Gasteiger partial charge in [0.05, 0.1) is 18.6 Å². The van der Waals surface area contributed by atoms with Crippen molar-refractivity contribution in [3.05, 3.63) is 90.0 Å². The van der Waals surface area contributed by atoms with E-state index in [0.29, 0.717) is 17.6 Å². The first-order valence-corrected chi connectivity index (χ1v) is 13.1. The van der Waals surface area contributed by atoms with Crippen LogP contribution in [-0.2, 0) is 10.2 Å². The quantitative estimate of drug-likeness (QED) is 0.172. The molecule has 0 saturated carbocycles. The van der Waals surface area contributed by atoms with Gasteiger partial charge in [-0.25, -0.2) is 5.43 Å². The molecule has 0 atom stereocenters. The monoisotopic (exact) mass is 513 g/mol. The minimum absolute atomic E-state index is 0.0906. The molecule has 1 aromatic heterocycles. The second-order valence-corrected chi connectivity index (χ2v) is 10.3. The van der Waals surface area contributed by atoms with Gasteiger partial charge >= 0.3 is 0 Å². The van der Waals surface area contributed by atoms with E-state index in [1.54, 1.807) is 6.21 Å². The highest BCUT2D eigenvalue weighted by molar-refractivity contribution is 7.99. The second-order valence-electron chi connectivity index (χ2n) is 9.39. The summed E-state index contributed by atoms with van der Waals surface area (Å²) in [6.45, 7) is 9.07. The van der Waals surface area contributed by atoms with Crippen LogP contribution in [0.2, 0.25) is 0 Å². The van der Waals surface area contributed by atoms with Gasteiger partial charge in [0.2, 0.25) is 0 Å². The maximum absolute atomic E-state index is 12.5. The van der Waals surface area contributed by atoms with E-state index in [-0.39, 0.29) is 17.1 Å². The fourth-order valence-corrected chi connectivity index (χ4v) is 4.38. The third-order valence-corrected chi connectivity index (χ3v) is 6.51. The van der Waals surface area contributed by atoms with Crippen LogP contribution in [0.25, 0.3) is 17.1 Å². The van der Waals surface area contributed by atoms with E-state index in [0.717, 1.165) is 22.6 Å². The minimum Gasteiger partial charge on any atom is -0.494 e. The highest BCUT2D eigenvalue weighted by Crippen LogP contribution is 2.29. The molecule has 8 heteroatoms. The lowest BCUT2D eigenvalue weighted by atomic mass is 9.87. The number of rotatable bonds is 9. The lowest BCUT2D eigenvalue weighted by Crippen LogP contribution is -2.20. The molecular formula is C29H31N5O2S. The molecule has 1 amide bonds. The van der Waals surface area contributed by atoms with E-state index in [1.807, 2.05) is 78.2 Å². The number of nitrogens with zero attached hydrogens (tertiary/aromatic N) is 4. The van der Waals surface area contributed by atoms with Crippen molar-refractivity contribution >= 4 is 23.9 Å². The van der Waals surface area contributed by atoms with Crippen molar-refractivity contribution in [1.82, 2.24) is 20.2 Å². The number of nitrogens with one attached hydrogen (secondary N) is 1. The number of hydrogen-bond acceptors (Lipinski definition) is 6. The molecule has 0 aliphatic heterocycles. The summed E-state index contributed by atoms with van der Waals surface area (Å²) in [5, 5.41) is 13.5. The first kappa shape index (κ1) is 26.2. The first-order chi connectivity index (χ1) is 17.8. The van der Waals surface area contributed by atoms with E-state index >= 15 is 0 Å². The number of benzene rings is 3. The zero-order valence-corrected chi connectivity index (χ0v) is 22.3. The zero-order chi connectivity index (χ0) is 26.3. The van der Waals surface area contributed by atoms with E-state index in [4.69, 9.17) is 4.74 Å². The Kier molecular flexibility index (Phi) is 8.40. The lowest BCUT2D eigenvalue weighted by Gasteiger charge is -2.18. The average Bonchev–Trinajstić information content (AvgIpc) is 3.32. The number of hydrazone groups is 1. The van der Waals surface area contributed by atoms with Gasteiger partial charge in [-0.1, -0.05) is 87.1 Å². The summed E-state index contributed by atoms with van der Waals surface area (Å²) in [5.41, 5.74) is 6.67. The molecule has 4 rings (SSSR count). The normalized spacial score (nSPS) is 11.6. The summed E-state index contributed by atoms with van der Waals surface area (Å²) in [6, 6.07) is 25.7. The van der Waals surface area contributed by atoms with Crippen LogP contribution in [0.4, 0.5) is 0 Å². The van der Waals surface area contributed by atoms with Gasteiger partial charge in [0, 0.05) is 11.3 Å². The second kappa shape index (κ2) is 11.9. The van der Waals surface area contributed by atoms with Crippen LogP contribution in [0, 0.1) is 0 Å². The van der Waals surface area contributed by atoms with E-state index in [9.17, 15) is 4.79 Å². The number of amides is 1. The number of carbonyl (C=O) groups excluding carboxylic acids is 1. The van der Waals surface area contributed by atoms with Crippen LogP contribution in [-0.4, -0.2) is 39.2 Å². The van der Waals surface area contributed by atoms with Crippen molar-refractivity contribution < 1.29 is 9.53 Å². The van der Waals surface area contributed by atoms with Crippen molar-refractivity contribution in [3.63, 3.8) is 0 Å². The number of hydrogen-bond donors (Lipinski definition) is 1. The lowest BCUT2D eigenvalue weighted by molar-refractivity contribution is -0.118. The summed E-state index contributed by atoms with van der Waals surface area (Å²) >= 11 is 1.30. The molecule has 1 N–H and O–H groups in total. The standard InChI is InChI=1S/C29H31N5O2S/c1-5-36-25-17-15-24(16-18-25)34-27(22-9-7-6-8-10-22)32-33-28(34)37-20-26(35)31-30-19-21-11-13-23(14-12-21)29(2,3)4/h6-19H,5,20H2,1-4H3,(H,31,35). The number of ether oxygens (including phenoxy) is 1. The van der Waals surface area contributed by atoms with Gasteiger partial charge in [-0.3, -0.25) is 9.36 Å². The maximum atomic E-state index is 12.5. The predicted molar refractivity (Wildman–Crippen MR) is 150 cm³/mol. The van der Waals surface area contributed by atoms with Crippen molar-refractivity contribution in [2.24, 2.45) is 5.10 Å². The molecule has 0 radical (unpaired) electrons. The Morgan fingerprint density at radius 3 is 2.35 bits per heavy atom. The summed E-state index contributed by atoms with van der Waals surface area (Å²) in [5.74, 6) is 1.41. The maximum Gasteiger partial charge on any atom is 0.250 e. The van der Waals surface area contributed by atoms with Gasteiger partial charge in [0.1, 0.15) is 5.75 Å². The number of thioether (sulfide) groups is 1. The molecule has 7 nitrogen and oxygen atoms in total. The Hall–Kier alpha value is -3.91. The molecule has 0 aliphatic carbocycles. The number of aromatic nitrogens is 3. The summed E-state index contributed by atoms with van der Waals surface area (Å²) in [7, 11) is 0. The summed E-state index contributed by atoms with van der Waals surface area (Å²) in [4.78, 5) is 12.5. The Bertz CT molecular complexity index is 1340. The highest BCUT2D eigenvalue weighted by atomic mass is 32.2. The van der Waals surface area contributed by atoms with Gasteiger partial charge < -0.3 is 4.74 Å². The fourth-order valence-electron chi connectivity index (χ4n) is 3.64. The van der Waals surface area contributed by atoms with Gasteiger partial charge in [-0.05, 0) is 47.7 Å². The van der Waals surface area contributed by atoms with E-state index in [2.05, 4.69) is 53.6 Å². The van der Waals surface area contributed by atoms with Gasteiger partial charge in [-0.2, -0.15) is 5.10 Å². The van der Waals surface area contributed by atoms with Crippen LogP contribution in [0.15, 0.2) is 89.1 Å². The van der Waals surface area contributed by atoms with Crippen LogP contribution < -0.4 is 10.2 Å². The molecule has 1 heterocycles. The number of carbonyl (C=O) groups is 1. The zero-order valence-electron chi connectivity index (χ0n) is 21.5. The van der Waals surface area contributed by atoms with E-state index < -0.39 is 0 Å². The summed E-state index contributed by atoms with van der Waals surface area (Å²) < 4.78 is 7.53. The molecule has 0 aliphatic rings. The van der Waals surface area contributed by atoms with Crippen molar-refractivity contribution in [2.45, 2.75) is 38.3 Å². The van der Waals surface area contributed by atoms with Crippen molar-refractivity contribution in [1.29, 1.82) is 0 Å². The van der Waals surface area contributed by atoms with Gasteiger partial charge in [-0.15, -0.1) is 10.2 Å². The molecular weight excluding hydrogens is 482 g/mol. The Morgan fingerprint density at radius 2 is 1.70 bits per heavy atom. The molecule has 0 fully saturated rings. The molecule has 3 aromatic carbocycles. The largest absolute Gasteiger partial charge is 0.494 e. The van der Waals surface area contributed by atoms with Crippen LogP contribution in [0.5, 0.6) is 5.75 Å². The first-order valence-electron chi connectivity index (χ1n) is 12.1. The van der Waals surface area contributed by atoms with E-state index in [1.165, 1.54) is 17.3 Å². The Balaban J connectivity index is 1.46. The fraction of sp³-hybridized carbons (Fsp3) is 0.241. The third-order valence-electron chi connectivity index (χ3n) is 5.58. The minimum atomic E-state index is -0.227. The molecule has 0 bridgehead atoms. The molecule has 0 spiro atoms. The van der Waals surface area contributed by atoms with Gasteiger partial charge in [0.15, 0.2) is 11.0 Å². The molecule has 4 aromatic rings. The molecule has 190 valence electrons. The van der Waals surface area contributed by atoms with Crippen LogP contribution >= 0.6 is 11.8 Å². The Morgan fingerprint density at radius 1 is 1.00 bits per heavy atom.